The number of ether oxygens (including phenoxy) is 1. The topological polar surface area (TPSA) is 66.0 Å². The van der Waals surface area contributed by atoms with Gasteiger partial charge in [0.2, 0.25) is 5.16 Å². The summed E-state index contributed by atoms with van der Waals surface area (Å²) in [5, 5.41) is 8.38. The molecule has 0 aliphatic carbocycles. The van der Waals surface area contributed by atoms with Gasteiger partial charge in [-0.25, -0.2) is 4.68 Å². The monoisotopic (exact) mass is 298 g/mol. The smallest absolute Gasteiger partial charge is 0.209 e. The molecule has 1 heterocycles. The highest BCUT2D eigenvalue weighted by Crippen LogP contribution is 2.25. The van der Waals surface area contributed by atoms with Gasteiger partial charge in [-0.2, -0.15) is 0 Å². The number of nitrogen functional groups attached to an aromatic ring is 1. The standard InChI is InChI=1S/C15H14N4OS/c16-19-11-17-18-15(19)21-10-12-5-4-8-14(9-12)20-13-6-2-1-3-7-13/h1-9,11H,10,16H2. The third kappa shape index (κ3) is 3.55. The van der Waals surface area contributed by atoms with Crippen molar-refractivity contribution in [3.63, 3.8) is 0 Å². The summed E-state index contributed by atoms with van der Waals surface area (Å²) in [6.45, 7) is 0. The molecule has 106 valence electrons. The van der Waals surface area contributed by atoms with E-state index >= 15 is 0 Å². The maximum absolute atomic E-state index is 5.81. The Morgan fingerprint density at radius 3 is 2.62 bits per heavy atom. The Morgan fingerprint density at radius 1 is 1.05 bits per heavy atom. The minimum Gasteiger partial charge on any atom is -0.457 e. The van der Waals surface area contributed by atoms with Crippen LogP contribution in [0.2, 0.25) is 0 Å². The first-order valence-electron chi connectivity index (χ1n) is 6.41. The molecule has 0 aliphatic heterocycles. The Labute approximate surface area is 126 Å². The van der Waals surface area contributed by atoms with Gasteiger partial charge in [0.05, 0.1) is 0 Å². The van der Waals surface area contributed by atoms with Crippen molar-refractivity contribution in [2.24, 2.45) is 0 Å². The number of rotatable bonds is 5. The van der Waals surface area contributed by atoms with Gasteiger partial charge in [-0.3, -0.25) is 0 Å². The number of nitrogens with two attached hydrogens (primary N) is 1. The van der Waals surface area contributed by atoms with Crippen molar-refractivity contribution in [1.29, 1.82) is 0 Å². The minimum absolute atomic E-state index is 0.685. The summed E-state index contributed by atoms with van der Waals surface area (Å²) in [6.07, 6.45) is 1.48. The normalized spacial score (nSPS) is 10.5. The van der Waals surface area contributed by atoms with Gasteiger partial charge in [0.25, 0.3) is 0 Å². The molecule has 2 aromatic carbocycles. The van der Waals surface area contributed by atoms with Crippen LogP contribution in [0.25, 0.3) is 0 Å². The molecule has 0 bridgehead atoms. The van der Waals surface area contributed by atoms with E-state index in [0.29, 0.717) is 5.16 Å². The van der Waals surface area contributed by atoms with E-state index in [0.717, 1.165) is 22.8 Å². The van der Waals surface area contributed by atoms with Gasteiger partial charge >= 0.3 is 0 Å². The highest BCUT2D eigenvalue weighted by atomic mass is 32.2. The average Bonchev–Trinajstić information content (AvgIpc) is 2.92. The van der Waals surface area contributed by atoms with Gasteiger partial charge in [0, 0.05) is 5.75 Å². The van der Waals surface area contributed by atoms with E-state index in [1.165, 1.54) is 22.8 Å². The summed E-state index contributed by atoms with van der Waals surface area (Å²) in [4.78, 5) is 0. The fourth-order valence-corrected chi connectivity index (χ4v) is 2.58. The van der Waals surface area contributed by atoms with Crippen LogP contribution >= 0.6 is 11.8 Å². The summed E-state index contributed by atoms with van der Waals surface area (Å²) in [5.41, 5.74) is 1.14. The van der Waals surface area contributed by atoms with Crippen LogP contribution in [0.1, 0.15) is 5.56 Å². The highest BCUT2D eigenvalue weighted by Gasteiger charge is 2.04. The third-order valence-electron chi connectivity index (χ3n) is 2.79. The van der Waals surface area contributed by atoms with E-state index in [9.17, 15) is 0 Å². The largest absolute Gasteiger partial charge is 0.457 e. The van der Waals surface area contributed by atoms with Crippen LogP contribution in [-0.4, -0.2) is 14.9 Å². The van der Waals surface area contributed by atoms with Gasteiger partial charge in [0.15, 0.2) is 0 Å². The molecule has 0 amide bonds. The predicted octanol–water partition coefficient (Wildman–Crippen LogP) is 3.08. The maximum Gasteiger partial charge on any atom is 0.209 e. The summed E-state index contributed by atoms with van der Waals surface area (Å²) >= 11 is 1.53. The SMILES string of the molecule is Nn1cnnc1SCc1cccc(Oc2ccccc2)c1. The number of hydrogen-bond acceptors (Lipinski definition) is 5. The molecule has 0 fully saturated rings. The van der Waals surface area contributed by atoms with Gasteiger partial charge < -0.3 is 10.6 Å². The van der Waals surface area contributed by atoms with Crippen molar-refractivity contribution in [3.8, 4) is 11.5 Å². The van der Waals surface area contributed by atoms with Crippen molar-refractivity contribution in [3.05, 3.63) is 66.5 Å². The fourth-order valence-electron chi connectivity index (χ4n) is 1.81. The molecule has 6 heteroatoms. The van der Waals surface area contributed by atoms with Crippen LogP contribution in [0.5, 0.6) is 11.5 Å². The zero-order valence-corrected chi connectivity index (χ0v) is 12.0. The molecule has 2 N–H and O–H groups in total. The Hall–Kier alpha value is -2.47. The molecular formula is C15H14N4OS. The van der Waals surface area contributed by atoms with E-state index < -0.39 is 0 Å². The van der Waals surface area contributed by atoms with Gasteiger partial charge in [-0.1, -0.05) is 42.1 Å². The second-order valence-corrected chi connectivity index (χ2v) is 5.31. The minimum atomic E-state index is 0.685. The van der Waals surface area contributed by atoms with Gasteiger partial charge in [-0.05, 0) is 29.8 Å². The van der Waals surface area contributed by atoms with Crippen molar-refractivity contribution in [2.45, 2.75) is 10.9 Å². The number of aromatic nitrogens is 3. The van der Waals surface area contributed by atoms with Gasteiger partial charge in [0.1, 0.15) is 17.8 Å². The second-order valence-electron chi connectivity index (χ2n) is 4.37. The number of para-hydroxylation sites is 1. The molecule has 0 saturated carbocycles. The van der Waals surface area contributed by atoms with E-state index in [4.69, 9.17) is 10.6 Å². The first-order chi connectivity index (χ1) is 10.3. The first kappa shape index (κ1) is 13.5. The lowest BCUT2D eigenvalue weighted by atomic mass is 10.2. The molecule has 3 aromatic rings. The van der Waals surface area contributed by atoms with Crippen LogP contribution < -0.4 is 10.6 Å². The molecule has 0 saturated heterocycles. The van der Waals surface area contributed by atoms with Crippen LogP contribution in [-0.2, 0) is 5.75 Å². The van der Waals surface area contributed by atoms with Crippen molar-refractivity contribution in [2.75, 3.05) is 5.84 Å². The zero-order valence-electron chi connectivity index (χ0n) is 11.2. The Bertz CT molecular complexity index is 714. The zero-order chi connectivity index (χ0) is 14.5. The fraction of sp³-hybridized carbons (Fsp3) is 0.0667. The maximum atomic E-state index is 5.81. The average molecular weight is 298 g/mol. The number of nitrogens with zero attached hydrogens (tertiary/aromatic N) is 3. The highest BCUT2D eigenvalue weighted by molar-refractivity contribution is 7.98. The molecule has 0 unspecified atom stereocenters. The van der Waals surface area contributed by atoms with Crippen molar-refractivity contribution in [1.82, 2.24) is 14.9 Å². The van der Waals surface area contributed by atoms with E-state index in [1.807, 2.05) is 54.6 Å². The van der Waals surface area contributed by atoms with Crippen LogP contribution in [0.3, 0.4) is 0 Å². The third-order valence-corrected chi connectivity index (χ3v) is 3.81. The molecule has 0 aliphatic rings. The Kier molecular flexibility index (Phi) is 4.07. The molecule has 0 spiro atoms. The number of hydrogen-bond donors (Lipinski definition) is 1. The number of benzene rings is 2. The molecule has 21 heavy (non-hydrogen) atoms. The second kappa shape index (κ2) is 6.32. The molecular weight excluding hydrogens is 284 g/mol. The molecule has 3 rings (SSSR count). The predicted molar refractivity (Wildman–Crippen MR) is 82.7 cm³/mol. The van der Waals surface area contributed by atoms with Crippen molar-refractivity contribution < 1.29 is 4.74 Å². The lowest BCUT2D eigenvalue weighted by Crippen LogP contribution is -2.07. The van der Waals surface area contributed by atoms with E-state index in [-0.39, 0.29) is 0 Å². The summed E-state index contributed by atoms with van der Waals surface area (Å²) in [6, 6.07) is 17.7. The lowest BCUT2D eigenvalue weighted by Gasteiger charge is -2.07. The summed E-state index contributed by atoms with van der Waals surface area (Å²) in [5.74, 6) is 8.07. The first-order valence-corrected chi connectivity index (χ1v) is 7.39. The summed E-state index contributed by atoms with van der Waals surface area (Å²) < 4.78 is 7.22. The van der Waals surface area contributed by atoms with E-state index in [2.05, 4.69) is 10.2 Å². The summed E-state index contributed by atoms with van der Waals surface area (Å²) in [7, 11) is 0. The van der Waals surface area contributed by atoms with Gasteiger partial charge in [-0.15, -0.1) is 10.2 Å². The number of thioether (sulfide) groups is 1. The van der Waals surface area contributed by atoms with Crippen LogP contribution in [0, 0.1) is 0 Å². The molecule has 0 radical (unpaired) electrons. The van der Waals surface area contributed by atoms with Crippen LogP contribution in [0.15, 0.2) is 66.1 Å². The van der Waals surface area contributed by atoms with Crippen LogP contribution in [0.4, 0.5) is 0 Å². The molecule has 0 atom stereocenters. The Morgan fingerprint density at radius 2 is 1.86 bits per heavy atom. The lowest BCUT2D eigenvalue weighted by molar-refractivity contribution is 0.482. The molecule has 5 nitrogen and oxygen atoms in total. The quantitative estimate of drug-likeness (QED) is 0.579. The molecule has 1 aromatic heterocycles. The Balaban J connectivity index is 1.67. The van der Waals surface area contributed by atoms with E-state index in [1.54, 1.807) is 0 Å². The van der Waals surface area contributed by atoms with Crippen molar-refractivity contribution >= 4 is 11.8 Å².